The van der Waals surface area contributed by atoms with Crippen LogP contribution in [0.2, 0.25) is 0 Å². The van der Waals surface area contributed by atoms with Crippen molar-refractivity contribution < 1.29 is 8.42 Å². The lowest BCUT2D eigenvalue weighted by Crippen LogP contribution is -2.39. The van der Waals surface area contributed by atoms with Crippen molar-refractivity contribution in [3.63, 3.8) is 0 Å². The number of rotatable bonds is 6. The molecule has 1 fully saturated rings. The van der Waals surface area contributed by atoms with Gasteiger partial charge in [0.1, 0.15) is 0 Å². The molecule has 1 aliphatic rings. The predicted molar refractivity (Wildman–Crippen MR) is 85.2 cm³/mol. The number of hydrogen-bond acceptors (Lipinski definition) is 3. The molecule has 2 N–H and O–H groups in total. The molecule has 2 atom stereocenters. The molecule has 1 aromatic rings. The van der Waals surface area contributed by atoms with E-state index in [1.54, 1.807) is 31.3 Å². The van der Waals surface area contributed by atoms with E-state index in [2.05, 4.69) is 22.5 Å². The number of nitrogens with zero attached hydrogens (tertiary/aromatic N) is 1. The summed E-state index contributed by atoms with van der Waals surface area (Å²) in [6.07, 6.45) is 1.72. The quantitative estimate of drug-likeness (QED) is 0.474. The summed E-state index contributed by atoms with van der Waals surface area (Å²) in [5.74, 6) is 1.59. The summed E-state index contributed by atoms with van der Waals surface area (Å²) in [6.45, 7) is 2.78. The molecule has 0 spiro atoms. The van der Waals surface area contributed by atoms with Crippen LogP contribution in [-0.4, -0.2) is 39.8 Å². The van der Waals surface area contributed by atoms with Crippen LogP contribution in [0.4, 0.5) is 0 Å². The fraction of sp³-hybridized carbons (Fsp3) is 0.533. The molecule has 5 nitrogen and oxygen atoms in total. The first-order chi connectivity index (χ1) is 10.0. The third-order valence-electron chi connectivity index (χ3n) is 3.64. The molecule has 2 unspecified atom stereocenters. The normalized spacial score (nSPS) is 21.9. The minimum absolute atomic E-state index is 0.140. The molecule has 2 rings (SSSR count). The Kier molecular flexibility index (Phi) is 5.22. The van der Waals surface area contributed by atoms with E-state index in [1.807, 2.05) is 6.07 Å². The van der Waals surface area contributed by atoms with E-state index in [4.69, 9.17) is 0 Å². The molecule has 21 heavy (non-hydrogen) atoms. The van der Waals surface area contributed by atoms with Gasteiger partial charge in [-0.2, -0.15) is 0 Å². The van der Waals surface area contributed by atoms with Crippen LogP contribution in [-0.2, 0) is 9.84 Å². The Morgan fingerprint density at radius 2 is 2.00 bits per heavy atom. The number of aliphatic imine (C=N–C) groups is 1. The van der Waals surface area contributed by atoms with Crippen LogP contribution >= 0.6 is 0 Å². The number of guanidine groups is 1. The van der Waals surface area contributed by atoms with E-state index >= 15 is 0 Å². The maximum atomic E-state index is 12.1. The highest BCUT2D eigenvalue weighted by atomic mass is 32.2. The average Bonchev–Trinajstić information content (AvgIpc) is 3.18. The zero-order chi connectivity index (χ0) is 15.3. The van der Waals surface area contributed by atoms with Gasteiger partial charge < -0.3 is 10.6 Å². The minimum Gasteiger partial charge on any atom is -0.356 e. The monoisotopic (exact) mass is 309 g/mol. The number of sulfone groups is 1. The molecule has 1 aromatic carbocycles. The van der Waals surface area contributed by atoms with Gasteiger partial charge in [-0.3, -0.25) is 4.99 Å². The molecule has 116 valence electrons. The summed E-state index contributed by atoms with van der Waals surface area (Å²) in [7, 11) is -1.46. The number of nitrogens with one attached hydrogen (secondary N) is 2. The SMILES string of the molecule is CN=C(NCCCS(=O)(=O)c1ccccc1)NC1CC1C. The van der Waals surface area contributed by atoms with Gasteiger partial charge in [0.2, 0.25) is 0 Å². The lowest BCUT2D eigenvalue weighted by molar-refractivity contribution is 0.592. The predicted octanol–water partition coefficient (Wildman–Crippen LogP) is 1.42. The summed E-state index contributed by atoms with van der Waals surface area (Å²) in [4.78, 5) is 4.53. The second-order valence-electron chi connectivity index (χ2n) is 5.45. The lowest BCUT2D eigenvalue weighted by Gasteiger charge is -2.11. The Morgan fingerprint density at radius 3 is 2.57 bits per heavy atom. The highest BCUT2D eigenvalue weighted by Gasteiger charge is 2.33. The van der Waals surface area contributed by atoms with E-state index in [0.717, 1.165) is 5.96 Å². The summed E-state index contributed by atoms with van der Waals surface area (Å²) < 4.78 is 24.2. The van der Waals surface area contributed by atoms with Crippen LogP contribution in [0, 0.1) is 5.92 Å². The maximum Gasteiger partial charge on any atom is 0.191 e. The first-order valence-corrected chi connectivity index (χ1v) is 8.93. The zero-order valence-corrected chi connectivity index (χ0v) is 13.4. The average molecular weight is 309 g/mol. The Morgan fingerprint density at radius 1 is 1.33 bits per heavy atom. The molecule has 0 heterocycles. The van der Waals surface area contributed by atoms with Gasteiger partial charge in [-0.05, 0) is 30.9 Å². The molecule has 0 amide bonds. The lowest BCUT2D eigenvalue weighted by atomic mass is 10.4. The van der Waals surface area contributed by atoms with Crippen molar-refractivity contribution in [2.45, 2.75) is 30.7 Å². The van der Waals surface area contributed by atoms with Gasteiger partial charge >= 0.3 is 0 Å². The Labute approximate surface area is 126 Å². The number of benzene rings is 1. The summed E-state index contributed by atoms with van der Waals surface area (Å²) >= 11 is 0. The van der Waals surface area contributed by atoms with Crippen molar-refractivity contribution in [2.24, 2.45) is 10.9 Å². The van der Waals surface area contributed by atoms with Crippen LogP contribution in [0.15, 0.2) is 40.2 Å². The van der Waals surface area contributed by atoms with E-state index in [-0.39, 0.29) is 5.75 Å². The van der Waals surface area contributed by atoms with Crippen LogP contribution in [0.25, 0.3) is 0 Å². The fourth-order valence-corrected chi connectivity index (χ4v) is 3.44. The van der Waals surface area contributed by atoms with Crippen LogP contribution in [0.3, 0.4) is 0 Å². The molecule has 0 aromatic heterocycles. The zero-order valence-electron chi connectivity index (χ0n) is 12.5. The molecule has 0 bridgehead atoms. The molecule has 1 saturated carbocycles. The van der Waals surface area contributed by atoms with Gasteiger partial charge in [0.15, 0.2) is 15.8 Å². The van der Waals surface area contributed by atoms with Gasteiger partial charge in [0, 0.05) is 19.6 Å². The minimum atomic E-state index is -3.18. The van der Waals surface area contributed by atoms with Gasteiger partial charge in [-0.25, -0.2) is 8.42 Å². The summed E-state index contributed by atoms with van der Waals surface area (Å²) in [6, 6.07) is 9.08. The third kappa shape index (κ3) is 4.74. The highest BCUT2D eigenvalue weighted by molar-refractivity contribution is 7.91. The van der Waals surface area contributed by atoms with Gasteiger partial charge in [-0.15, -0.1) is 0 Å². The van der Waals surface area contributed by atoms with Crippen molar-refractivity contribution in [1.82, 2.24) is 10.6 Å². The molecular formula is C15H23N3O2S. The molecule has 6 heteroatoms. The fourth-order valence-electron chi connectivity index (χ4n) is 2.11. The highest BCUT2D eigenvalue weighted by Crippen LogP contribution is 2.28. The second-order valence-corrected chi connectivity index (χ2v) is 7.56. The van der Waals surface area contributed by atoms with Gasteiger partial charge in [0.05, 0.1) is 10.6 Å². The maximum absolute atomic E-state index is 12.1. The molecule has 0 aliphatic heterocycles. The Bertz CT molecular complexity index is 584. The van der Waals surface area contributed by atoms with Crippen molar-refractivity contribution in [3.8, 4) is 0 Å². The van der Waals surface area contributed by atoms with Gasteiger partial charge in [-0.1, -0.05) is 25.1 Å². The standard InChI is InChI=1S/C15H23N3O2S/c1-12-11-14(12)18-15(16-2)17-9-6-10-21(19,20)13-7-4-3-5-8-13/h3-5,7-8,12,14H,6,9-11H2,1-2H3,(H2,16,17,18). The van der Waals surface area contributed by atoms with E-state index < -0.39 is 9.84 Å². The van der Waals surface area contributed by atoms with Crippen LogP contribution < -0.4 is 10.6 Å². The van der Waals surface area contributed by atoms with Crippen molar-refractivity contribution in [1.29, 1.82) is 0 Å². The molecule has 1 aliphatic carbocycles. The Balaban J connectivity index is 1.74. The third-order valence-corrected chi connectivity index (χ3v) is 5.46. The first kappa shape index (κ1) is 15.8. The first-order valence-electron chi connectivity index (χ1n) is 7.28. The van der Waals surface area contributed by atoms with Gasteiger partial charge in [0.25, 0.3) is 0 Å². The summed E-state index contributed by atoms with van der Waals surface area (Å²) in [5, 5.41) is 6.47. The molecular weight excluding hydrogens is 286 g/mol. The van der Waals surface area contributed by atoms with Crippen molar-refractivity contribution in [2.75, 3.05) is 19.3 Å². The van der Waals surface area contributed by atoms with E-state index in [1.165, 1.54) is 6.42 Å². The van der Waals surface area contributed by atoms with Crippen LogP contribution in [0.1, 0.15) is 19.8 Å². The Hall–Kier alpha value is -1.56. The van der Waals surface area contributed by atoms with E-state index in [0.29, 0.717) is 29.8 Å². The van der Waals surface area contributed by atoms with E-state index in [9.17, 15) is 8.42 Å². The summed E-state index contributed by atoms with van der Waals surface area (Å²) in [5.41, 5.74) is 0. The molecule has 0 radical (unpaired) electrons. The number of hydrogen-bond donors (Lipinski definition) is 2. The largest absolute Gasteiger partial charge is 0.356 e. The van der Waals surface area contributed by atoms with Crippen molar-refractivity contribution in [3.05, 3.63) is 30.3 Å². The topological polar surface area (TPSA) is 70.6 Å². The van der Waals surface area contributed by atoms with Crippen molar-refractivity contribution >= 4 is 15.8 Å². The smallest absolute Gasteiger partial charge is 0.191 e. The second kappa shape index (κ2) is 6.93. The van der Waals surface area contributed by atoms with Crippen LogP contribution in [0.5, 0.6) is 0 Å². The molecule has 0 saturated heterocycles.